The number of aromatic nitrogens is 2. The van der Waals surface area contributed by atoms with Crippen LogP contribution in [0, 0.1) is 0 Å². The van der Waals surface area contributed by atoms with Gasteiger partial charge in [-0.05, 0) is 56.7 Å². The second-order valence-electron chi connectivity index (χ2n) is 8.44. The summed E-state index contributed by atoms with van der Waals surface area (Å²) in [6.07, 6.45) is 7.39. The van der Waals surface area contributed by atoms with Crippen molar-refractivity contribution in [1.29, 1.82) is 0 Å². The Morgan fingerprint density at radius 3 is 2.47 bits per heavy atom. The van der Waals surface area contributed by atoms with Gasteiger partial charge in [0.25, 0.3) is 0 Å². The van der Waals surface area contributed by atoms with Crippen molar-refractivity contribution in [3.05, 3.63) is 36.2 Å². The predicted molar refractivity (Wildman–Crippen MR) is 136 cm³/mol. The summed E-state index contributed by atoms with van der Waals surface area (Å²) in [5, 5.41) is 3.50. The van der Waals surface area contributed by atoms with Gasteiger partial charge in [0, 0.05) is 32.3 Å². The maximum atomic E-state index is 11.7. The molecule has 0 amide bonds. The maximum Gasteiger partial charge on any atom is 0.316 e. The number of anilines is 3. The predicted octanol–water partition coefficient (Wildman–Crippen LogP) is 3.67. The molecule has 1 saturated heterocycles. The van der Waals surface area contributed by atoms with Gasteiger partial charge < -0.3 is 19.7 Å². The van der Waals surface area contributed by atoms with E-state index in [2.05, 4.69) is 57.0 Å². The van der Waals surface area contributed by atoms with Crippen LogP contribution in [0.25, 0.3) is 0 Å². The average Bonchev–Trinajstić information content (AvgIpc) is 2.82. The first-order valence-electron chi connectivity index (χ1n) is 12.0. The van der Waals surface area contributed by atoms with Gasteiger partial charge in [0.2, 0.25) is 10.0 Å². The molecule has 1 aromatic heterocycles. The Balaban J connectivity index is 1.94. The van der Waals surface area contributed by atoms with Crippen LogP contribution < -0.4 is 19.7 Å². The van der Waals surface area contributed by atoms with Crippen LogP contribution in [0.1, 0.15) is 51.5 Å². The lowest BCUT2D eigenvalue weighted by Crippen LogP contribution is -2.39. The molecule has 0 saturated carbocycles. The minimum absolute atomic E-state index is 0.0547. The highest BCUT2D eigenvalue weighted by Gasteiger charge is 2.24. The van der Waals surface area contributed by atoms with E-state index in [0.29, 0.717) is 25.2 Å². The minimum Gasteiger partial charge on any atom is -0.464 e. The normalized spacial score (nSPS) is 15.6. The van der Waals surface area contributed by atoms with Gasteiger partial charge in [-0.2, -0.15) is 0 Å². The molecular weight excluding hydrogens is 454 g/mol. The van der Waals surface area contributed by atoms with Gasteiger partial charge in [-0.3, -0.25) is 0 Å². The number of nitrogens with zero attached hydrogens (tertiary/aromatic N) is 3. The number of rotatable bonds is 12. The van der Waals surface area contributed by atoms with Crippen molar-refractivity contribution in [2.24, 2.45) is 0 Å². The van der Waals surface area contributed by atoms with Crippen LogP contribution in [0.5, 0.6) is 6.01 Å². The number of sulfonamides is 1. The fraction of sp³-hybridized carbons (Fsp3) is 0.583. The van der Waals surface area contributed by atoms with Crippen molar-refractivity contribution < 1.29 is 17.9 Å². The van der Waals surface area contributed by atoms with Crippen LogP contribution in [0.4, 0.5) is 17.1 Å². The Labute approximate surface area is 203 Å². The third-order valence-electron chi connectivity index (χ3n) is 6.04. The third-order valence-corrected chi connectivity index (χ3v) is 6.73. The molecule has 0 unspecified atom stereocenters. The van der Waals surface area contributed by atoms with Gasteiger partial charge in [-0.15, -0.1) is 0 Å². The summed E-state index contributed by atoms with van der Waals surface area (Å²) in [5.74, 6) is 0.0547. The van der Waals surface area contributed by atoms with E-state index in [0.717, 1.165) is 61.6 Å². The fourth-order valence-corrected chi connectivity index (χ4v) is 4.77. The van der Waals surface area contributed by atoms with E-state index in [1.165, 1.54) is 6.26 Å². The Morgan fingerprint density at radius 2 is 1.88 bits per heavy atom. The van der Waals surface area contributed by atoms with Crippen LogP contribution in [0.3, 0.4) is 0 Å². The lowest BCUT2D eigenvalue weighted by Gasteiger charge is -2.37. The molecule has 0 aliphatic carbocycles. The molecule has 0 spiro atoms. The number of hydrogen-bond donors (Lipinski definition) is 2. The lowest BCUT2D eigenvalue weighted by atomic mass is 9.95. The van der Waals surface area contributed by atoms with E-state index in [-0.39, 0.29) is 5.92 Å². The van der Waals surface area contributed by atoms with Crippen LogP contribution in [-0.2, 0) is 14.8 Å². The van der Waals surface area contributed by atoms with Crippen LogP contribution in [0.15, 0.2) is 30.6 Å². The Kier molecular flexibility index (Phi) is 9.49. The zero-order valence-electron chi connectivity index (χ0n) is 20.6. The van der Waals surface area contributed by atoms with Gasteiger partial charge in [0.1, 0.15) is 0 Å². The van der Waals surface area contributed by atoms with Gasteiger partial charge in [0.15, 0.2) is 0 Å². The van der Waals surface area contributed by atoms with Crippen molar-refractivity contribution >= 4 is 27.1 Å². The van der Waals surface area contributed by atoms with Crippen molar-refractivity contribution in [3.8, 4) is 6.01 Å². The molecule has 1 aliphatic heterocycles. The number of benzene rings is 1. The van der Waals surface area contributed by atoms with Gasteiger partial charge in [-0.1, -0.05) is 13.0 Å². The Hall–Kier alpha value is -2.43. The average molecular weight is 492 g/mol. The van der Waals surface area contributed by atoms with Crippen LogP contribution in [-0.4, -0.2) is 63.6 Å². The zero-order valence-corrected chi connectivity index (χ0v) is 21.4. The molecule has 1 aliphatic rings. The van der Waals surface area contributed by atoms with Gasteiger partial charge in [-0.25, -0.2) is 23.1 Å². The summed E-state index contributed by atoms with van der Waals surface area (Å²) >= 11 is 0. The molecule has 34 heavy (non-hydrogen) atoms. The van der Waals surface area contributed by atoms with Crippen LogP contribution >= 0.6 is 0 Å². The molecule has 0 bridgehead atoms. The lowest BCUT2D eigenvalue weighted by molar-refractivity contribution is 0.0846. The van der Waals surface area contributed by atoms with Crippen LogP contribution in [0.2, 0.25) is 0 Å². The summed E-state index contributed by atoms with van der Waals surface area (Å²) in [6.45, 7) is 9.40. The molecule has 1 fully saturated rings. The number of ether oxygens (including phenoxy) is 2. The van der Waals surface area contributed by atoms with Crippen molar-refractivity contribution in [2.45, 2.75) is 52.0 Å². The summed E-state index contributed by atoms with van der Waals surface area (Å²) in [5.41, 5.74) is 3.86. The van der Waals surface area contributed by atoms with Crippen molar-refractivity contribution in [3.63, 3.8) is 0 Å². The van der Waals surface area contributed by atoms with E-state index >= 15 is 0 Å². The largest absolute Gasteiger partial charge is 0.464 e. The molecule has 188 valence electrons. The van der Waals surface area contributed by atoms with Gasteiger partial charge >= 0.3 is 6.01 Å². The SMILES string of the molecule is CCOc1ncc(Nc2cc([C@H](CC)CNS(C)(=O)=O)ccc2N(CC)C2CCOCC2)cn1. The highest BCUT2D eigenvalue weighted by Crippen LogP contribution is 2.35. The molecule has 3 rings (SSSR count). The quantitative estimate of drug-likeness (QED) is 0.463. The summed E-state index contributed by atoms with van der Waals surface area (Å²) < 4.78 is 36.9. The number of nitrogens with one attached hydrogen (secondary N) is 2. The third kappa shape index (κ3) is 7.28. The van der Waals surface area contributed by atoms with Crippen molar-refractivity contribution in [2.75, 3.05) is 49.4 Å². The molecule has 2 N–H and O–H groups in total. The fourth-order valence-electron chi connectivity index (χ4n) is 4.27. The highest BCUT2D eigenvalue weighted by atomic mass is 32.2. The second kappa shape index (κ2) is 12.3. The molecule has 1 atom stereocenters. The van der Waals surface area contributed by atoms with E-state index in [4.69, 9.17) is 9.47 Å². The summed E-state index contributed by atoms with van der Waals surface area (Å²) in [7, 11) is -3.26. The first-order chi connectivity index (χ1) is 16.3. The van der Waals surface area contributed by atoms with E-state index in [1.807, 2.05) is 6.92 Å². The standard InChI is InChI=1S/C24H37N5O4S/c1-5-18(15-27-34(4,30)31)19-8-9-23(29(6-2)21-10-12-32-13-11-21)22(14-19)28-20-16-25-24(26-17-20)33-7-3/h8-9,14,16-18,21,27-28H,5-7,10-13,15H2,1-4H3/t18-/m1/s1. The van der Waals surface area contributed by atoms with Gasteiger partial charge in [0.05, 0.1) is 42.3 Å². The Bertz CT molecular complexity index is 1010. The van der Waals surface area contributed by atoms with E-state index in [9.17, 15) is 8.42 Å². The second-order valence-corrected chi connectivity index (χ2v) is 10.3. The zero-order chi connectivity index (χ0) is 24.6. The summed E-state index contributed by atoms with van der Waals surface area (Å²) in [4.78, 5) is 11.0. The monoisotopic (exact) mass is 491 g/mol. The summed E-state index contributed by atoms with van der Waals surface area (Å²) in [6, 6.07) is 7.10. The van der Waals surface area contributed by atoms with E-state index < -0.39 is 10.0 Å². The Morgan fingerprint density at radius 1 is 1.18 bits per heavy atom. The highest BCUT2D eigenvalue weighted by molar-refractivity contribution is 7.88. The minimum atomic E-state index is -3.26. The molecule has 0 radical (unpaired) electrons. The molecule has 9 nitrogen and oxygen atoms in total. The molecular formula is C24H37N5O4S. The molecule has 2 heterocycles. The van der Waals surface area contributed by atoms with E-state index in [1.54, 1.807) is 12.4 Å². The molecule has 2 aromatic rings. The molecule has 1 aromatic carbocycles. The first-order valence-corrected chi connectivity index (χ1v) is 13.9. The van der Waals surface area contributed by atoms with Crippen molar-refractivity contribution in [1.82, 2.24) is 14.7 Å². The smallest absolute Gasteiger partial charge is 0.316 e. The maximum absolute atomic E-state index is 11.7. The topological polar surface area (TPSA) is 106 Å². The first kappa shape index (κ1) is 26.2. The molecule has 10 heteroatoms. The number of hydrogen-bond acceptors (Lipinski definition) is 8.